The van der Waals surface area contributed by atoms with Gasteiger partial charge in [-0.05, 0) is 26.3 Å². The van der Waals surface area contributed by atoms with Crippen LogP contribution in [-0.4, -0.2) is 15.4 Å². The summed E-state index contributed by atoms with van der Waals surface area (Å²) in [6.07, 6.45) is 7.25. The van der Waals surface area contributed by atoms with E-state index in [1.54, 1.807) is 0 Å². The maximum absolute atomic E-state index is 5.91. The largest absolute Gasteiger partial charge is 0.419 e. The van der Waals surface area contributed by atoms with Crippen molar-refractivity contribution >= 4 is 9.76 Å². The summed E-state index contributed by atoms with van der Waals surface area (Å²) in [7, 11) is -0.239. The molecule has 1 aliphatic rings. The molecular weight excluding hydrogens is 164 g/mol. The summed E-state index contributed by atoms with van der Waals surface area (Å²) in [4.78, 5) is 0. The van der Waals surface area contributed by atoms with E-state index in [2.05, 4.69) is 20.8 Å². The van der Waals surface area contributed by atoms with Crippen molar-refractivity contribution in [3.8, 4) is 0 Å². The maximum Gasteiger partial charge on any atom is 0.165 e. The van der Waals surface area contributed by atoms with Crippen LogP contribution in [-0.2, 0) is 4.43 Å². The third-order valence-electron chi connectivity index (χ3n) is 2.48. The lowest BCUT2D eigenvalue weighted by Crippen LogP contribution is -2.24. The summed E-state index contributed by atoms with van der Waals surface area (Å²) in [6, 6.07) is 0. The number of hydrogen-bond donors (Lipinski definition) is 0. The van der Waals surface area contributed by atoms with Crippen molar-refractivity contribution < 1.29 is 4.43 Å². The fourth-order valence-electron chi connectivity index (χ4n) is 1.72. The van der Waals surface area contributed by atoms with Gasteiger partial charge in [0.15, 0.2) is 9.76 Å². The summed E-state index contributed by atoms with van der Waals surface area (Å²) < 4.78 is 5.91. The molecule has 1 fully saturated rings. The molecule has 0 atom stereocenters. The Balaban J connectivity index is 2.13. The summed E-state index contributed by atoms with van der Waals surface area (Å²) >= 11 is 0. The Morgan fingerprint density at radius 1 is 1.08 bits per heavy atom. The Bertz CT molecular complexity index is 122. The molecule has 0 aromatic heterocycles. The van der Waals surface area contributed by atoms with Gasteiger partial charge < -0.3 is 4.43 Å². The normalized spacial score (nSPS) is 22.2. The predicted octanol–water partition coefficient (Wildman–Crippen LogP) is 2.64. The highest BCUT2D eigenvalue weighted by Crippen LogP contribution is 2.28. The molecule has 0 bridgehead atoms. The molecule has 12 heavy (non-hydrogen) atoms. The minimum absolute atomic E-state index is 0.115. The molecule has 0 heterocycles. The van der Waals surface area contributed by atoms with Crippen LogP contribution in [0.1, 0.15) is 52.9 Å². The SMILES string of the molecule is CC(C)(C)O[SiH2]C1CCCCC1. The molecule has 72 valence electrons. The molecule has 0 aliphatic heterocycles. The van der Waals surface area contributed by atoms with Gasteiger partial charge in [0.2, 0.25) is 0 Å². The summed E-state index contributed by atoms with van der Waals surface area (Å²) in [5, 5.41) is 0. The van der Waals surface area contributed by atoms with Crippen LogP contribution in [0.3, 0.4) is 0 Å². The van der Waals surface area contributed by atoms with Crippen molar-refractivity contribution in [1.82, 2.24) is 0 Å². The summed E-state index contributed by atoms with van der Waals surface area (Å²) in [5.74, 6) is 0. The lowest BCUT2D eigenvalue weighted by atomic mass is 10.0. The number of hydrogen-bond acceptors (Lipinski definition) is 1. The van der Waals surface area contributed by atoms with E-state index in [1.165, 1.54) is 32.1 Å². The highest BCUT2D eigenvalue weighted by molar-refractivity contribution is 6.29. The molecule has 0 N–H and O–H groups in total. The van der Waals surface area contributed by atoms with Crippen LogP contribution in [0, 0.1) is 0 Å². The van der Waals surface area contributed by atoms with E-state index < -0.39 is 0 Å². The van der Waals surface area contributed by atoms with Gasteiger partial charge in [0, 0.05) is 5.60 Å². The van der Waals surface area contributed by atoms with Gasteiger partial charge >= 0.3 is 0 Å². The van der Waals surface area contributed by atoms with Crippen LogP contribution >= 0.6 is 0 Å². The van der Waals surface area contributed by atoms with E-state index in [4.69, 9.17) is 4.43 Å². The van der Waals surface area contributed by atoms with Crippen molar-refractivity contribution in [1.29, 1.82) is 0 Å². The minimum Gasteiger partial charge on any atom is -0.419 e. The Morgan fingerprint density at radius 2 is 1.67 bits per heavy atom. The Kier molecular flexibility index (Phi) is 3.78. The molecular formula is C10H22OSi. The fourth-order valence-corrected chi connectivity index (χ4v) is 3.37. The molecule has 0 aromatic rings. The van der Waals surface area contributed by atoms with Gasteiger partial charge in [-0.15, -0.1) is 0 Å². The molecule has 0 aromatic carbocycles. The molecule has 0 radical (unpaired) electrons. The van der Waals surface area contributed by atoms with Gasteiger partial charge in [0.05, 0.1) is 0 Å². The lowest BCUT2D eigenvalue weighted by molar-refractivity contribution is 0.133. The quantitative estimate of drug-likeness (QED) is 0.602. The Hall–Kier alpha value is 0.177. The third-order valence-corrected chi connectivity index (χ3v) is 4.80. The van der Waals surface area contributed by atoms with Crippen molar-refractivity contribution in [3.05, 3.63) is 0 Å². The van der Waals surface area contributed by atoms with Crippen LogP contribution < -0.4 is 0 Å². The van der Waals surface area contributed by atoms with Crippen molar-refractivity contribution in [3.63, 3.8) is 0 Å². The van der Waals surface area contributed by atoms with Gasteiger partial charge in [0.25, 0.3) is 0 Å². The smallest absolute Gasteiger partial charge is 0.165 e. The molecule has 1 aliphatic carbocycles. The molecule has 1 rings (SSSR count). The zero-order valence-electron chi connectivity index (χ0n) is 8.73. The van der Waals surface area contributed by atoms with Crippen LogP contribution in [0.4, 0.5) is 0 Å². The van der Waals surface area contributed by atoms with Gasteiger partial charge in [-0.2, -0.15) is 0 Å². The highest BCUT2D eigenvalue weighted by atomic mass is 28.2. The maximum atomic E-state index is 5.91. The topological polar surface area (TPSA) is 9.23 Å². The van der Waals surface area contributed by atoms with Crippen molar-refractivity contribution in [2.75, 3.05) is 0 Å². The summed E-state index contributed by atoms with van der Waals surface area (Å²) in [6.45, 7) is 6.51. The Labute approximate surface area is 78.8 Å². The van der Waals surface area contributed by atoms with E-state index in [0.717, 1.165) is 5.54 Å². The fraction of sp³-hybridized carbons (Fsp3) is 1.00. The van der Waals surface area contributed by atoms with Crippen molar-refractivity contribution in [2.24, 2.45) is 0 Å². The Morgan fingerprint density at radius 3 is 2.17 bits per heavy atom. The van der Waals surface area contributed by atoms with Crippen LogP contribution in [0.2, 0.25) is 5.54 Å². The first-order valence-corrected chi connectivity index (χ1v) is 6.61. The van der Waals surface area contributed by atoms with Crippen LogP contribution in [0.25, 0.3) is 0 Å². The molecule has 0 unspecified atom stereocenters. The zero-order valence-corrected chi connectivity index (χ0v) is 10.1. The average Bonchev–Trinajstić information content (AvgIpc) is 2.02. The van der Waals surface area contributed by atoms with Gasteiger partial charge in [-0.3, -0.25) is 0 Å². The second-order valence-electron chi connectivity index (χ2n) is 4.93. The van der Waals surface area contributed by atoms with Gasteiger partial charge in [0.1, 0.15) is 0 Å². The lowest BCUT2D eigenvalue weighted by Gasteiger charge is -2.26. The van der Waals surface area contributed by atoms with Crippen LogP contribution in [0.5, 0.6) is 0 Å². The second kappa shape index (κ2) is 4.42. The number of rotatable bonds is 2. The molecule has 0 spiro atoms. The first-order chi connectivity index (χ1) is 5.58. The van der Waals surface area contributed by atoms with E-state index in [1.807, 2.05) is 0 Å². The van der Waals surface area contributed by atoms with E-state index in [-0.39, 0.29) is 15.4 Å². The van der Waals surface area contributed by atoms with Gasteiger partial charge in [-0.1, -0.05) is 32.1 Å². The second-order valence-corrected chi connectivity index (χ2v) is 6.70. The molecule has 2 heteroatoms. The molecule has 0 amide bonds. The molecule has 0 saturated heterocycles. The monoisotopic (exact) mass is 186 g/mol. The van der Waals surface area contributed by atoms with Crippen LogP contribution in [0.15, 0.2) is 0 Å². The zero-order chi connectivity index (χ0) is 9.03. The van der Waals surface area contributed by atoms with Gasteiger partial charge in [-0.25, -0.2) is 0 Å². The predicted molar refractivity (Wildman–Crippen MR) is 56.2 cm³/mol. The average molecular weight is 186 g/mol. The molecule has 1 saturated carbocycles. The molecule has 1 nitrogen and oxygen atoms in total. The summed E-state index contributed by atoms with van der Waals surface area (Å²) in [5.41, 5.74) is 1.10. The highest BCUT2D eigenvalue weighted by Gasteiger charge is 2.17. The van der Waals surface area contributed by atoms with Crippen molar-refractivity contribution in [2.45, 2.75) is 64.0 Å². The van der Waals surface area contributed by atoms with E-state index in [0.29, 0.717) is 0 Å². The third kappa shape index (κ3) is 4.26. The first-order valence-electron chi connectivity index (χ1n) is 5.22. The van der Waals surface area contributed by atoms with E-state index in [9.17, 15) is 0 Å². The van der Waals surface area contributed by atoms with E-state index >= 15 is 0 Å². The first kappa shape index (κ1) is 10.3. The minimum atomic E-state index is -0.239. The standard InChI is InChI=1S/C10H22OSi/c1-10(2,3)11-12-9-7-5-4-6-8-9/h9H,4-8,12H2,1-3H3.